The van der Waals surface area contributed by atoms with E-state index in [1.54, 1.807) is 58.9 Å². The Morgan fingerprint density at radius 1 is 0.819 bits per heavy atom. The van der Waals surface area contributed by atoms with Crippen molar-refractivity contribution in [3.8, 4) is 0 Å². The fourth-order valence-electron chi connectivity index (χ4n) is 11.5. The summed E-state index contributed by atoms with van der Waals surface area (Å²) in [5.41, 5.74) is -8.63. The van der Waals surface area contributed by atoms with Crippen molar-refractivity contribution < 1.29 is 81.7 Å². The van der Waals surface area contributed by atoms with Gasteiger partial charge in [0.15, 0.2) is 17.5 Å². The van der Waals surface area contributed by atoms with Gasteiger partial charge in [0.2, 0.25) is 6.10 Å². The Labute approximate surface area is 489 Å². The van der Waals surface area contributed by atoms with Crippen molar-refractivity contribution in [1.29, 1.82) is 0 Å². The molecule has 1 amide bonds. The highest BCUT2D eigenvalue weighted by molar-refractivity contribution is 5.95. The van der Waals surface area contributed by atoms with E-state index in [4.69, 9.17) is 37.9 Å². The predicted octanol–water partition coefficient (Wildman–Crippen LogP) is 10.7. The minimum atomic E-state index is -2.49. The molecule has 0 spiro atoms. The van der Waals surface area contributed by atoms with E-state index in [1.807, 2.05) is 18.2 Å². The summed E-state index contributed by atoms with van der Waals surface area (Å²) in [5.74, 6) is -6.42. The number of ketones is 1. The van der Waals surface area contributed by atoms with Gasteiger partial charge in [0, 0.05) is 31.6 Å². The Balaban J connectivity index is 1.51. The van der Waals surface area contributed by atoms with Gasteiger partial charge in [-0.25, -0.2) is 19.2 Å². The van der Waals surface area contributed by atoms with E-state index >= 15 is 9.59 Å². The lowest BCUT2D eigenvalue weighted by molar-refractivity contribution is -0.346. The van der Waals surface area contributed by atoms with Crippen LogP contribution in [0, 0.1) is 16.7 Å². The number of allylic oxidation sites excluding steroid dienone is 13. The van der Waals surface area contributed by atoms with Crippen LogP contribution in [0.3, 0.4) is 0 Å². The van der Waals surface area contributed by atoms with E-state index in [1.165, 1.54) is 45.9 Å². The molecule has 2 saturated carbocycles. The summed E-state index contributed by atoms with van der Waals surface area (Å²) in [6.07, 6.45) is 18.2. The van der Waals surface area contributed by atoms with Crippen LogP contribution in [-0.4, -0.2) is 125 Å². The number of aliphatic hydroxyl groups is 2. The molecule has 0 radical (unpaired) electrons. The summed E-state index contributed by atoms with van der Waals surface area (Å²) < 4.78 is 47.2. The molecule has 2 bridgehead atoms. The van der Waals surface area contributed by atoms with E-state index in [2.05, 4.69) is 60.8 Å². The lowest BCUT2D eigenvalue weighted by atomic mass is 9.44. The monoisotopic (exact) mass is 1150 g/mol. The fourth-order valence-corrected chi connectivity index (χ4v) is 11.5. The first-order valence-corrected chi connectivity index (χ1v) is 28.6. The summed E-state index contributed by atoms with van der Waals surface area (Å²) in [6.45, 7) is 17.1. The first-order valence-electron chi connectivity index (χ1n) is 28.6. The highest BCUT2D eigenvalue weighted by atomic mass is 16.7. The molecule has 3 fully saturated rings. The van der Waals surface area contributed by atoms with Crippen LogP contribution >= 0.6 is 0 Å². The Morgan fingerprint density at radius 2 is 1.39 bits per heavy atom. The van der Waals surface area contributed by atoms with Crippen LogP contribution in [0.15, 0.2) is 126 Å². The maximum Gasteiger partial charge on any atom is 0.509 e. The van der Waals surface area contributed by atoms with Gasteiger partial charge in [0.05, 0.1) is 42.8 Å². The summed E-state index contributed by atoms with van der Waals surface area (Å²) in [7, 11) is 1.02. The third-order valence-corrected chi connectivity index (χ3v) is 15.7. The second kappa shape index (κ2) is 29.6. The number of nitrogens with one attached hydrogen (secondary N) is 1. The second-order valence-electron chi connectivity index (χ2n) is 23.4. The lowest BCUT2D eigenvalue weighted by Gasteiger charge is -2.67. The van der Waals surface area contributed by atoms with E-state index in [0.29, 0.717) is 12.0 Å². The first-order chi connectivity index (χ1) is 39.2. The van der Waals surface area contributed by atoms with Crippen molar-refractivity contribution in [3.05, 3.63) is 132 Å². The molecule has 3 N–H and O–H groups in total. The number of alkyl carbamates (subject to hydrolysis) is 1. The standard InChI is InChI=1S/C65H87NO17/c1-13-14-15-16-17-18-19-20-21-22-23-24-25-26-27-28-29-30-34-37-50(69)79-52(46(38-42(2)3)66-59(73)83-61(6,7)8)58(72)78-47-40-65(75)56(81-57(71)45-35-32-31-33-36-45)54-63(11,48(68)39-49-64(54,41-77-49)82-44(5)67)55(70)53(80-60(74)76-12)51(43(47)4)62(65,9)10/h14-15,17-18,20-21,23-24,26-27,29-33,35-36,38,46-49,52-54,56,68,75H,13,16,19,22,25,28,34,37,39-41H2,1-12H3,(H,66,73)/b15-14-,18-17-,21-20-,24-23-,27-26-,30-29+/t46-,47-,48-,49+,52+,53+,54?,56-,63+,64-,65+/m0/s1. The molecule has 0 aromatic heterocycles. The lowest BCUT2D eigenvalue weighted by Crippen LogP contribution is -2.82. The molecular formula is C65H87NO17. The zero-order chi connectivity index (χ0) is 61.3. The maximum atomic E-state index is 15.8. The fraction of sp³-hybridized carbons (Fsp3) is 0.554. The largest absolute Gasteiger partial charge is 0.509 e. The second-order valence-corrected chi connectivity index (χ2v) is 23.4. The van der Waals surface area contributed by atoms with Crippen LogP contribution in [0.5, 0.6) is 0 Å². The molecule has 1 unspecified atom stereocenters. The SMILES string of the molecule is CC/C=C\C/C=C\C/C=C\C/C=C\C/C=C\C/C=C/CCC(=O)O[C@@H](C(=O)O[C@H]1C[C@@]2(O)[C@@H](OC(=O)c3ccccc3)C3[C@](C)(C(=O)[C@H](OC(=O)OC)C(=C1C)C2(C)C)[C@@H](O)C[C@H]1OC[C@@]31OC(C)=O)[C@H](C=C(C)C)NC(=O)OC(C)(C)C. The molecule has 5 rings (SSSR count). The first kappa shape index (κ1) is 66.9. The number of aliphatic hydroxyl groups excluding tert-OH is 1. The molecule has 11 atom stereocenters. The molecule has 454 valence electrons. The molecule has 4 aliphatic rings. The Bertz CT molecular complexity index is 2720. The van der Waals surface area contributed by atoms with Gasteiger partial charge in [0.25, 0.3) is 0 Å². The number of hydrogen-bond acceptors (Lipinski definition) is 17. The summed E-state index contributed by atoms with van der Waals surface area (Å²) >= 11 is 0. The number of hydrogen-bond donors (Lipinski definition) is 3. The number of ether oxygens (including phenoxy) is 8. The minimum absolute atomic E-state index is 0.0363. The van der Waals surface area contributed by atoms with E-state index in [9.17, 15) is 34.2 Å². The molecule has 18 heteroatoms. The van der Waals surface area contributed by atoms with Gasteiger partial charge in [-0.15, -0.1) is 0 Å². The zero-order valence-electron chi connectivity index (χ0n) is 50.3. The number of carbonyl (C=O) groups is 7. The molecule has 1 aromatic rings. The summed E-state index contributed by atoms with van der Waals surface area (Å²) in [6, 6.07) is 6.39. The van der Waals surface area contributed by atoms with Gasteiger partial charge in [-0.1, -0.05) is 124 Å². The van der Waals surface area contributed by atoms with Crippen LogP contribution < -0.4 is 5.32 Å². The number of esters is 4. The Kier molecular flexibility index (Phi) is 23.8. The Morgan fingerprint density at radius 3 is 1.89 bits per heavy atom. The topological polar surface area (TPSA) is 246 Å². The van der Waals surface area contributed by atoms with Gasteiger partial charge in [-0.05, 0) is 117 Å². The zero-order valence-corrected chi connectivity index (χ0v) is 50.3. The van der Waals surface area contributed by atoms with Crippen LogP contribution in [0.25, 0.3) is 0 Å². The highest BCUT2D eigenvalue weighted by Gasteiger charge is 2.78. The van der Waals surface area contributed by atoms with Crippen molar-refractivity contribution >= 4 is 41.9 Å². The van der Waals surface area contributed by atoms with Crippen molar-refractivity contribution in [2.24, 2.45) is 16.7 Å². The summed E-state index contributed by atoms with van der Waals surface area (Å²) in [5, 5.41) is 28.9. The third kappa shape index (κ3) is 16.5. The van der Waals surface area contributed by atoms with Crippen LogP contribution in [0.2, 0.25) is 0 Å². The number of benzene rings is 1. The van der Waals surface area contributed by atoms with E-state index in [-0.39, 0.29) is 42.6 Å². The van der Waals surface area contributed by atoms with Crippen molar-refractivity contribution in [1.82, 2.24) is 5.32 Å². The number of methoxy groups -OCH3 is 1. The van der Waals surface area contributed by atoms with E-state index in [0.717, 1.165) is 46.1 Å². The van der Waals surface area contributed by atoms with Gasteiger partial charge < -0.3 is 53.4 Å². The average molecular weight is 1150 g/mol. The number of rotatable bonds is 24. The molecule has 3 aliphatic carbocycles. The van der Waals surface area contributed by atoms with Crippen LogP contribution in [-0.2, 0) is 57.1 Å². The molecule has 1 aromatic carbocycles. The molecule has 1 heterocycles. The number of carbonyl (C=O) groups excluding carboxylic acids is 7. The van der Waals surface area contributed by atoms with Gasteiger partial charge in [-0.3, -0.25) is 14.4 Å². The smallest absolute Gasteiger partial charge is 0.455 e. The molecule has 83 heavy (non-hydrogen) atoms. The van der Waals surface area contributed by atoms with Crippen molar-refractivity contribution in [2.45, 2.75) is 200 Å². The van der Waals surface area contributed by atoms with Crippen LogP contribution in [0.4, 0.5) is 9.59 Å². The molecule has 1 saturated heterocycles. The highest BCUT2D eigenvalue weighted by Crippen LogP contribution is 2.64. The average Bonchev–Trinajstić information content (AvgIpc) is 0.708. The van der Waals surface area contributed by atoms with E-state index < -0.39 is 125 Å². The molecule has 1 aliphatic heterocycles. The molecule has 18 nitrogen and oxygen atoms in total. The molecular weight excluding hydrogens is 1070 g/mol. The quantitative estimate of drug-likeness (QED) is 0.0495. The van der Waals surface area contributed by atoms with Gasteiger partial charge in [0.1, 0.15) is 29.5 Å². The van der Waals surface area contributed by atoms with Gasteiger partial charge >= 0.3 is 36.1 Å². The minimum Gasteiger partial charge on any atom is -0.455 e. The normalized spacial score (nSPS) is 27.5. The van der Waals surface area contributed by atoms with Crippen molar-refractivity contribution in [2.75, 3.05) is 13.7 Å². The summed E-state index contributed by atoms with van der Waals surface area (Å²) in [4.78, 5) is 99.5. The predicted molar refractivity (Wildman–Crippen MR) is 310 cm³/mol. The number of amides is 1. The number of fused-ring (bicyclic) bond motifs is 5. The Hall–Kier alpha value is -6.89. The maximum absolute atomic E-state index is 15.8. The van der Waals surface area contributed by atoms with Gasteiger partial charge in [-0.2, -0.15) is 0 Å². The van der Waals surface area contributed by atoms with Crippen LogP contribution in [0.1, 0.15) is 151 Å². The van der Waals surface area contributed by atoms with Crippen molar-refractivity contribution in [3.63, 3.8) is 0 Å². The number of Topliss-reactive ketones (excluding diaryl/α,β-unsaturated/α-hetero) is 1. The third-order valence-electron chi connectivity index (χ3n) is 15.7.